The fraction of sp³-hybridized carbons (Fsp3) is 0.200. The average molecular weight is 395 g/mol. The Bertz CT molecular complexity index is 997. The van der Waals surface area contributed by atoms with E-state index in [0.29, 0.717) is 16.4 Å². The van der Waals surface area contributed by atoms with Gasteiger partial charge in [-0.15, -0.1) is 5.10 Å². The van der Waals surface area contributed by atoms with Gasteiger partial charge in [0.05, 0.1) is 23.3 Å². The molecule has 144 valence electrons. The number of aromatic hydroxyl groups is 1. The van der Waals surface area contributed by atoms with E-state index in [4.69, 9.17) is 5.73 Å². The van der Waals surface area contributed by atoms with Crippen LogP contribution in [0.1, 0.15) is 29.4 Å². The van der Waals surface area contributed by atoms with Crippen molar-refractivity contribution in [2.24, 2.45) is 15.9 Å². The Hall–Kier alpha value is -3.13. The fourth-order valence-corrected chi connectivity index (χ4v) is 3.14. The number of phenolic OH excluding ortho intramolecular Hbond substituents is 1. The van der Waals surface area contributed by atoms with Crippen LogP contribution in [0.25, 0.3) is 5.69 Å². The molecule has 0 saturated carbocycles. The molecule has 1 heterocycles. The van der Waals surface area contributed by atoms with Crippen LogP contribution >= 0.6 is 11.8 Å². The Labute approximate surface area is 168 Å². The number of hydrogen-bond donors (Lipinski definition) is 2. The first-order valence-electron chi connectivity index (χ1n) is 8.86. The number of benzene rings is 2. The van der Waals surface area contributed by atoms with Gasteiger partial charge < -0.3 is 10.8 Å². The van der Waals surface area contributed by atoms with Crippen molar-refractivity contribution in [1.29, 1.82) is 0 Å². The first-order valence-corrected chi connectivity index (χ1v) is 9.84. The van der Waals surface area contributed by atoms with Crippen LogP contribution in [0, 0.1) is 6.92 Å². The zero-order valence-corrected chi connectivity index (χ0v) is 16.6. The van der Waals surface area contributed by atoms with Crippen LogP contribution in [-0.2, 0) is 12.2 Å². The Morgan fingerprint density at radius 1 is 1.21 bits per heavy atom. The summed E-state index contributed by atoms with van der Waals surface area (Å²) in [7, 11) is 0. The second-order valence-corrected chi connectivity index (χ2v) is 7.07. The maximum Gasteiger partial charge on any atom is 0.180 e. The van der Waals surface area contributed by atoms with Gasteiger partial charge in [-0.3, -0.25) is 0 Å². The van der Waals surface area contributed by atoms with Gasteiger partial charge in [-0.25, -0.2) is 0 Å². The molecular formula is C20H22N6OS. The molecule has 0 atom stereocenters. The van der Waals surface area contributed by atoms with Gasteiger partial charge in [0.2, 0.25) is 0 Å². The second kappa shape index (κ2) is 9.18. The quantitative estimate of drug-likeness (QED) is 0.379. The first kappa shape index (κ1) is 19.6. The normalized spacial score (nSPS) is 12.0. The molecule has 0 aliphatic carbocycles. The summed E-state index contributed by atoms with van der Waals surface area (Å²) in [6, 6.07) is 15.1. The Balaban J connectivity index is 1.65. The van der Waals surface area contributed by atoms with Crippen molar-refractivity contribution in [3.8, 4) is 11.4 Å². The molecule has 3 aromatic rings. The number of nitrogens with zero attached hydrogens (tertiary/aromatic N) is 5. The topological polar surface area (TPSA) is 102 Å². The lowest BCUT2D eigenvalue weighted by Gasteiger charge is -2.03. The van der Waals surface area contributed by atoms with Gasteiger partial charge in [0.1, 0.15) is 5.75 Å². The van der Waals surface area contributed by atoms with Crippen LogP contribution in [0.5, 0.6) is 5.75 Å². The predicted octanol–water partition coefficient (Wildman–Crippen LogP) is 3.43. The molecule has 0 saturated heterocycles. The molecule has 28 heavy (non-hydrogen) atoms. The average Bonchev–Trinajstić information content (AvgIpc) is 3.09. The van der Waals surface area contributed by atoms with Gasteiger partial charge >= 0.3 is 0 Å². The Morgan fingerprint density at radius 3 is 2.68 bits per heavy atom. The van der Waals surface area contributed by atoms with Gasteiger partial charge in [-0.05, 0) is 31.0 Å². The molecule has 0 radical (unpaired) electrons. The third-order valence-corrected chi connectivity index (χ3v) is 4.90. The highest BCUT2D eigenvalue weighted by Gasteiger charge is 2.08. The van der Waals surface area contributed by atoms with Crippen molar-refractivity contribution in [3.05, 3.63) is 71.0 Å². The number of phenols is 1. The molecule has 0 aliphatic heterocycles. The second-order valence-electron chi connectivity index (χ2n) is 6.08. The Kier molecular flexibility index (Phi) is 6.44. The van der Waals surface area contributed by atoms with E-state index in [2.05, 4.69) is 20.4 Å². The molecule has 0 amide bonds. The number of thioether (sulfide) groups is 1. The highest BCUT2D eigenvalue weighted by Crippen LogP contribution is 2.20. The van der Waals surface area contributed by atoms with E-state index in [-0.39, 0.29) is 5.75 Å². The zero-order chi connectivity index (χ0) is 19.9. The minimum atomic E-state index is 0.0694. The van der Waals surface area contributed by atoms with Gasteiger partial charge in [0, 0.05) is 17.4 Å². The van der Waals surface area contributed by atoms with Crippen LogP contribution in [0.3, 0.4) is 0 Å². The van der Waals surface area contributed by atoms with Gasteiger partial charge in [0.25, 0.3) is 0 Å². The van der Waals surface area contributed by atoms with E-state index in [1.807, 2.05) is 50.2 Å². The van der Waals surface area contributed by atoms with Crippen molar-refractivity contribution >= 4 is 23.1 Å². The standard InChI is InChI=1S/C20H22N6OS/c1-3-18-14(2)24-26(25-18)17-10-9-16(19(27)11-17)12-22-23-20(21)28-13-15-7-5-4-6-8-15/h4-12,27H,3,13H2,1-2H3,(H2,21,23). The summed E-state index contributed by atoms with van der Waals surface area (Å²) in [5.74, 6) is 0.793. The van der Waals surface area contributed by atoms with E-state index in [1.165, 1.54) is 22.8 Å². The lowest BCUT2D eigenvalue weighted by molar-refractivity contribution is 0.473. The molecule has 8 heteroatoms. The highest BCUT2D eigenvalue weighted by atomic mass is 32.2. The van der Waals surface area contributed by atoms with Crippen molar-refractivity contribution in [1.82, 2.24) is 15.0 Å². The molecule has 3 N–H and O–H groups in total. The number of amidine groups is 1. The number of nitrogens with two attached hydrogens (primary N) is 1. The summed E-state index contributed by atoms with van der Waals surface area (Å²) >= 11 is 1.41. The maximum absolute atomic E-state index is 10.3. The van der Waals surface area contributed by atoms with Gasteiger partial charge in [-0.2, -0.15) is 20.1 Å². The summed E-state index contributed by atoms with van der Waals surface area (Å²) < 4.78 is 0. The lowest BCUT2D eigenvalue weighted by atomic mass is 10.2. The van der Waals surface area contributed by atoms with E-state index < -0.39 is 0 Å². The largest absolute Gasteiger partial charge is 0.507 e. The van der Waals surface area contributed by atoms with Gasteiger partial charge in [-0.1, -0.05) is 49.0 Å². The van der Waals surface area contributed by atoms with Crippen LogP contribution in [0.2, 0.25) is 0 Å². The monoisotopic (exact) mass is 394 g/mol. The summed E-state index contributed by atoms with van der Waals surface area (Å²) in [5, 5.41) is 27.3. The number of aromatic nitrogens is 3. The first-order chi connectivity index (χ1) is 13.6. The molecule has 3 rings (SSSR count). The predicted molar refractivity (Wildman–Crippen MR) is 114 cm³/mol. The molecule has 0 spiro atoms. The molecule has 0 aliphatic rings. The minimum absolute atomic E-state index is 0.0694. The maximum atomic E-state index is 10.3. The fourth-order valence-electron chi connectivity index (χ4n) is 2.52. The SMILES string of the molecule is CCc1nn(-c2ccc(C=NN=C(N)SCc3ccccc3)c(O)c2)nc1C. The molecule has 0 bridgehead atoms. The van der Waals surface area contributed by atoms with Crippen LogP contribution in [-0.4, -0.2) is 31.5 Å². The summed E-state index contributed by atoms with van der Waals surface area (Å²) in [5.41, 5.74) is 10.1. The smallest absolute Gasteiger partial charge is 0.180 e. The van der Waals surface area contributed by atoms with Crippen molar-refractivity contribution < 1.29 is 5.11 Å². The molecular weight excluding hydrogens is 372 g/mol. The van der Waals surface area contributed by atoms with E-state index in [9.17, 15) is 5.11 Å². The lowest BCUT2D eigenvalue weighted by Crippen LogP contribution is -2.06. The zero-order valence-electron chi connectivity index (χ0n) is 15.8. The van der Waals surface area contributed by atoms with Crippen molar-refractivity contribution in [3.63, 3.8) is 0 Å². The van der Waals surface area contributed by atoms with Crippen molar-refractivity contribution in [2.75, 3.05) is 0 Å². The molecule has 0 unspecified atom stereocenters. The molecule has 7 nitrogen and oxygen atoms in total. The van der Waals surface area contributed by atoms with Gasteiger partial charge in [0.15, 0.2) is 5.17 Å². The highest BCUT2D eigenvalue weighted by molar-refractivity contribution is 8.13. The van der Waals surface area contributed by atoms with Crippen LogP contribution in [0.15, 0.2) is 58.7 Å². The third-order valence-electron chi connectivity index (χ3n) is 4.04. The number of rotatable bonds is 6. The minimum Gasteiger partial charge on any atom is -0.507 e. The van der Waals surface area contributed by atoms with Crippen molar-refractivity contribution in [2.45, 2.75) is 26.0 Å². The molecule has 0 fully saturated rings. The van der Waals surface area contributed by atoms with E-state index in [0.717, 1.165) is 29.1 Å². The van der Waals surface area contributed by atoms with E-state index >= 15 is 0 Å². The molecule has 1 aromatic heterocycles. The summed E-state index contributed by atoms with van der Waals surface area (Å²) in [6.45, 7) is 3.95. The van der Waals surface area contributed by atoms with Crippen LogP contribution in [0.4, 0.5) is 0 Å². The summed E-state index contributed by atoms with van der Waals surface area (Å²) in [6.07, 6.45) is 2.28. The summed E-state index contributed by atoms with van der Waals surface area (Å²) in [4.78, 5) is 1.52. The number of hydrogen-bond acceptors (Lipinski definition) is 6. The van der Waals surface area contributed by atoms with Crippen LogP contribution < -0.4 is 5.73 Å². The number of aryl methyl sites for hydroxylation is 2. The van der Waals surface area contributed by atoms with E-state index in [1.54, 1.807) is 12.1 Å². The third kappa shape index (κ3) is 4.98. The molecule has 2 aromatic carbocycles. The Morgan fingerprint density at radius 2 is 2.00 bits per heavy atom.